The third-order valence-corrected chi connectivity index (χ3v) is 5.82. The molecule has 0 heterocycles. The van der Waals surface area contributed by atoms with Crippen LogP contribution in [0.1, 0.15) is 5.56 Å². The van der Waals surface area contributed by atoms with Crippen LogP contribution in [0.5, 0.6) is 11.5 Å². The van der Waals surface area contributed by atoms with E-state index in [4.69, 9.17) is 5.73 Å². The van der Waals surface area contributed by atoms with Gasteiger partial charge in [0, 0.05) is 11.1 Å². The van der Waals surface area contributed by atoms with E-state index in [2.05, 4.69) is 10.2 Å². The zero-order valence-electron chi connectivity index (χ0n) is 15.2. The van der Waals surface area contributed by atoms with Gasteiger partial charge in [-0.2, -0.15) is 16.8 Å². The van der Waals surface area contributed by atoms with Crippen LogP contribution in [0.15, 0.2) is 56.4 Å². The molecular weight excluding hydrogens is 438 g/mol. The van der Waals surface area contributed by atoms with Gasteiger partial charge in [-0.1, -0.05) is 6.07 Å². The lowest BCUT2D eigenvalue weighted by Gasteiger charge is -2.12. The Labute approximate surface area is 170 Å². The normalized spacial score (nSPS) is 12.6. The first-order valence-corrected chi connectivity index (χ1v) is 10.9. The molecule has 158 valence electrons. The molecule has 0 saturated heterocycles. The van der Waals surface area contributed by atoms with Gasteiger partial charge in [0.25, 0.3) is 20.2 Å². The number of rotatable bonds is 4. The van der Waals surface area contributed by atoms with E-state index < -0.39 is 41.5 Å². The lowest BCUT2D eigenvalue weighted by Crippen LogP contribution is -2.02. The highest BCUT2D eigenvalue weighted by molar-refractivity contribution is 7.86. The third kappa shape index (κ3) is 4.04. The molecule has 30 heavy (non-hydrogen) atoms. The van der Waals surface area contributed by atoms with Crippen LogP contribution in [0.25, 0.3) is 10.8 Å². The minimum Gasteiger partial charge on any atom is -0.506 e. The molecule has 6 N–H and O–H groups in total. The number of anilines is 1. The van der Waals surface area contributed by atoms with Gasteiger partial charge < -0.3 is 15.9 Å². The van der Waals surface area contributed by atoms with E-state index in [0.29, 0.717) is 0 Å². The molecule has 11 nitrogen and oxygen atoms in total. The number of nitrogens with zero attached hydrogens (tertiary/aromatic N) is 2. The number of nitrogens with two attached hydrogens (primary N) is 1. The quantitative estimate of drug-likeness (QED) is 0.223. The number of hydrogen-bond acceptors (Lipinski definition) is 9. The van der Waals surface area contributed by atoms with Gasteiger partial charge >= 0.3 is 0 Å². The highest BCUT2D eigenvalue weighted by Gasteiger charge is 2.24. The number of aryl methyl sites for hydroxylation is 1. The second-order valence-corrected chi connectivity index (χ2v) is 9.14. The Bertz CT molecular complexity index is 1430. The molecule has 0 spiro atoms. The average Bonchev–Trinajstić information content (AvgIpc) is 2.60. The van der Waals surface area contributed by atoms with E-state index in [1.807, 2.05) is 0 Å². The molecule has 0 radical (unpaired) electrons. The molecule has 3 rings (SSSR count). The van der Waals surface area contributed by atoms with E-state index in [-0.39, 0.29) is 27.9 Å². The summed E-state index contributed by atoms with van der Waals surface area (Å²) >= 11 is 0. The van der Waals surface area contributed by atoms with Crippen molar-refractivity contribution in [2.24, 2.45) is 10.2 Å². The van der Waals surface area contributed by atoms with Gasteiger partial charge in [0.15, 0.2) is 5.75 Å². The Kier molecular flexibility index (Phi) is 5.16. The van der Waals surface area contributed by atoms with Gasteiger partial charge in [-0.3, -0.25) is 9.11 Å². The summed E-state index contributed by atoms with van der Waals surface area (Å²) in [7, 11) is -9.64. The van der Waals surface area contributed by atoms with E-state index in [1.165, 1.54) is 12.1 Å². The van der Waals surface area contributed by atoms with Crippen molar-refractivity contribution in [1.29, 1.82) is 0 Å². The van der Waals surface area contributed by atoms with E-state index in [9.17, 15) is 36.2 Å². The Hall–Kier alpha value is -3.26. The fourth-order valence-electron chi connectivity index (χ4n) is 2.76. The molecule has 0 unspecified atom stereocenters. The van der Waals surface area contributed by atoms with Gasteiger partial charge in [-0.05, 0) is 48.2 Å². The van der Waals surface area contributed by atoms with Crippen LogP contribution in [-0.4, -0.2) is 36.2 Å². The number of benzene rings is 3. The Morgan fingerprint density at radius 3 is 2.13 bits per heavy atom. The van der Waals surface area contributed by atoms with Crippen LogP contribution < -0.4 is 5.73 Å². The molecular formula is C17H15N3O8S2. The topological polar surface area (TPSA) is 200 Å². The SMILES string of the molecule is Cc1ccc(N=Nc2c(S(=O)(=O)O)cc3cc(S(=O)(=O)O)cc(N)c3c2O)c(O)c1. The fourth-order valence-corrected chi connectivity index (χ4v) is 3.96. The summed E-state index contributed by atoms with van der Waals surface area (Å²) < 4.78 is 65.2. The standard InChI is InChI=1S/C17H15N3O8S2/c1-8-2-3-12(13(21)4-8)19-20-16-14(30(26,27)28)6-9-5-10(29(23,24)25)7-11(18)15(9)17(16)22/h2-7,21-22H,18H2,1H3,(H,23,24,25)(H,26,27,28). The summed E-state index contributed by atoms with van der Waals surface area (Å²) in [4.78, 5) is -1.54. The molecule has 0 aliphatic rings. The van der Waals surface area contributed by atoms with Crippen molar-refractivity contribution in [1.82, 2.24) is 0 Å². The van der Waals surface area contributed by atoms with Crippen LogP contribution >= 0.6 is 0 Å². The Morgan fingerprint density at radius 1 is 0.900 bits per heavy atom. The fraction of sp³-hybridized carbons (Fsp3) is 0.0588. The molecule has 0 bridgehead atoms. The van der Waals surface area contributed by atoms with Gasteiger partial charge in [0.2, 0.25) is 0 Å². The van der Waals surface area contributed by atoms with Gasteiger partial charge in [-0.25, -0.2) is 0 Å². The van der Waals surface area contributed by atoms with Gasteiger partial charge in [0.1, 0.15) is 22.0 Å². The molecule has 13 heteroatoms. The molecule has 0 atom stereocenters. The summed E-state index contributed by atoms with van der Waals surface area (Å²) in [5, 5.41) is 27.5. The van der Waals surface area contributed by atoms with Gasteiger partial charge in [-0.15, -0.1) is 10.2 Å². The maximum atomic E-state index is 11.8. The number of fused-ring (bicyclic) bond motifs is 1. The summed E-state index contributed by atoms with van der Waals surface area (Å²) in [6, 6.07) is 6.92. The number of aromatic hydroxyl groups is 2. The van der Waals surface area contributed by atoms with E-state index >= 15 is 0 Å². The van der Waals surface area contributed by atoms with Crippen molar-refractivity contribution < 1.29 is 36.2 Å². The number of phenols is 2. The minimum absolute atomic E-state index is 0.0453. The molecule has 0 fully saturated rings. The average molecular weight is 453 g/mol. The number of phenolic OH excluding ortho intramolecular Hbond substituents is 2. The first-order chi connectivity index (χ1) is 13.8. The van der Waals surface area contributed by atoms with E-state index in [1.54, 1.807) is 13.0 Å². The van der Waals surface area contributed by atoms with Crippen molar-refractivity contribution in [3.05, 3.63) is 42.0 Å². The monoisotopic (exact) mass is 453 g/mol. The van der Waals surface area contributed by atoms with Crippen LogP contribution in [0.3, 0.4) is 0 Å². The molecule has 0 saturated carbocycles. The largest absolute Gasteiger partial charge is 0.506 e. The van der Waals surface area contributed by atoms with Gasteiger partial charge in [0.05, 0.1) is 4.90 Å². The second-order valence-electron chi connectivity index (χ2n) is 6.32. The first-order valence-electron chi connectivity index (χ1n) is 8.04. The summed E-state index contributed by atoms with van der Waals surface area (Å²) in [6.45, 7) is 1.72. The minimum atomic E-state index is -4.96. The van der Waals surface area contributed by atoms with Crippen LogP contribution in [-0.2, 0) is 20.2 Å². The Morgan fingerprint density at radius 2 is 1.57 bits per heavy atom. The maximum Gasteiger partial charge on any atom is 0.296 e. The number of nitrogen functional groups attached to an aromatic ring is 1. The molecule has 0 aromatic heterocycles. The maximum absolute atomic E-state index is 11.8. The predicted octanol–water partition coefficient (Wildman–Crippen LogP) is 3.05. The number of azo groups is 1. The zero-order chi connectivity index (χ0) is 22.4. The first kappa shape index (κ1) is 21.4. The Balaban J connectivity index is 2.34. The predicted molar refractivity (Wildman–Crippen MR) is 107 cm³/mol. The van der Waals surface area contributed by atoms with E-state index in [0.717, 1.165) is 23.8 Å². The van der Waals surface area contributed by atoms with Crippen LogP contribution in [0.2, 0.25) is 0 Å². The molecule has 0 aliphatic heterocycles. The van der Waals surface area contributed by atoms with Crippen molar-refractivity contribution in [2.75, 3.05) is 5.73 Å². The molecule has 3 aromatic carbocycles. The lowest BCUT2D eigenvalue weighted by molar-refractivity contribution is 0.471. The third-order valence-electron chi connectivity index (χ3n) is 4.12. The lowest BCUT2D eigenvalue weighted by atomic mass is 10.1. The summed E-state index contributed by atoms with van der Waals surface area (Å²) in [5.41, 5.74) is 5.45. The summed E-state index contributed by atoms with van der Waals surface area (Å²) in [6.07, 6.45) is 0. The van der Waals surface area contributed by atoms with Crippen LogP contribution in [0.4, 0.5) is 17.1 Å². The van der Waals surface area contributed by atoms with Crippen molar-refractivity contribution in [2.45, 2.75) is 16.7 Å². The van der Waals surface area contributed by atoms with Crippen molar-refractivity contribution in [3.63, 3.8) is 0 Å². The van der Waals surface area contributed by atoms with Crippen LogP contribution in [0, 0.1) is 6.92 Å². The molecule has 0 aliphatic carbocycles. The molecule has 0 amide bonds. The molecule has 3 aromatic rings. The van der Waals surface area contributed by atoms with Crippen molar-refractivity contribution in [3.8, 4) is 11.5 Å². The van der Waals surface area contributed by atoms with Crippen molar-refractivity contribution >= 4 is 48.1 Å². The second kappa shape index (κ2) is 7.21. The smallest absolute Gasteiger partial charge is 0.296 e. The zero-order valence-corrected chi connectivity index (χ0v) is 16.8. The highest BCUT2D eigenvalue weighted by Crippen LogP contribution is 2.44. The number of hydrogen-bond donors (Lipinski definition) is 5. The highest BCUT2D eigenvalue weighted by atomic mass is 32.2. The summed E-state index contributed by atoms with van der Waals surface area (Å²) in [5.74, 6) is -1.07.